The van der Waals surface area contributed by atoms with Crippen molar-refractivity contribution in [2.24, 2.45) is 0 Å². The lowest BCUT2D eigenvalue weighted by Crippen LogP contribution is -2.38. The van der Waals surface area contributed by atoms with E-state index in [0.29, 0.717) is 17.8 Å². The zero-order valence-electron chi connectivity index (χ0n) is 24.4. The Hall–Kier alpha value is -3.15. The number of carbonyl (C=O) groups excluding carboxylic acids is 2. The molecule has 1 saturated carbocycles. The van der Waals surface area contributed by atoms with Crippen LogP contribution in [0.3, 0.4) is 0 Å². The van der Waals surface area contributed by atoms with Gasteiger partial charge in [-0.1, -0.05) is 19.9 Å². The van der Waals surface area contributed by atoms with Crippen molar-refractivity contribution in [1.29, 1.82) is 0 Å². The van der Waals surface area contributed by atoms with Crippen LogP contribution in [0.1, 0.15) is 113 Å². The van der Waals surface area contributed by atoms with Crippen LogP contribution in [0.2, 0.25) is 0 Å². The second-order valence-corrected chi connectivity index (χ2v) is 12.8. The number of piperidine rings is 1. The summed E-state index contributed by atoms with van der Waals surface area (Å²) in [6.07, 6.45) is 4.72. The van der Waals surface area contributed by atoms with Crippen molar-refractivity contribution < 1.29 is 14.3 Å². The maximum absolute atomic E-state index is 12.7. The van der Waals surface area contributed by atoms with Gasteiger partial charge in [0, 0.05) is 53.3 Å². The van der Waals surface area contributed by atoms with Gasteiger partial charge in [0.05, 0.1) is 12.1 Å². The van der Waals surface area contributed by atoms with E-state index in [4.69, 9.17) is 9.72 Å². The van der Waals surface area contributed by atoms with Crippen LogP contribution in [0.15, 0.2) is 30.3 Å². The van der Waals surface area contributed by atoms with Crippen LogP contribution in [0.25, 0.3) is 22.2 Å². The van der Waals surface area contributed by atoms with E-state index < -0.39 is 5.60 Å². The SMILES string of the molecule is Cc1cc(-c2[nH]c3ccc(C4CCN(C(=O)CCC(=O)OC(C)(C)C)CC4)cc3c2C(C)C)cc(C2CC2)n1. The van der Waals surface area contributed by atoms with Gasteiger partial charge < -0.3 is 14.6 Å². The highest BCUT2D eigenvalue weighted by Crippen LogP contribution is 2.42. The lowest BCUT2D eigenvalue weighted by atomic mass is 9.87. The topological polar surface area (TPSA) is 75.3 Å². The second-order valence-electron chi connectivity index (χ2n) is 12.8. The Kier molecular flexibility index (Phi) is 7.58. The average molecular weight is 530 g/mol. The molecule has 1 aliphatic heterocycles. The molecule has 1 saturated heterocycles. The number of hydrogen-bond donors (Lipinski definition) is 1. The normalized spacial score (nSPS) is 16.7. The number of rotatable bonds is 7. The van der Waals surface area contributed by atoms with Crippen LogP contribution < -0.4 is 0 Å². The van der Waals surface area contributed by atoms with Crippen molar-refractivity contribution >= 4 is 22.8 Å². The van der Waals surface area contributed by atoms with Crippen molar-refractivity contribution in [3.8, 4) is 11.3 Å². The fourth-order valence-electron chi connectivity index (χ4n) is 5.96. The molecule has 2 aromatic heterocycles. The standard InChI is InChI=1S/C33H43N3O3/c1-20(2)31-26-18-24(22-13-15-36(16-14-22)29(37)11-12-30(38)39-33(4,5)6)9-10-27(26)35-32(31)25-17-21(3)34-28(19-25)23-7-8-23/h9-10,17-20,22-23,35H,7-8,11-16H2,1-6H3. The van der Waals surface area contributed by atoms with E-state index in [9.17, 15) is 9.59 Å². The van der Waals surface area contributed by atoms with Crippen molar-refractivity contribution in [3.05, 3.63) is 52.8 Å². The van der Waals surface area contributed by atoms with Crippen molar-refractivity contribution in [3.63, 3.8) is 0 Å². The Bertz CT molecular complexity index is 1370. The van der Waals surface area contributed by atoms with Gasteiger partial charge >= 0.3 is 5.97 Å². The van der Waals surface area contributed by atoms with E-state index in [2.05, 4.69) is 56.1 Å². The Morgan fingerprint density at radius 3 is 2.38 bits per heavy atom. The molecule has 2 aliphatic rings. The largest absolute Gasteiger partial charge is 0.460 e. The molecule has 1 aromatic carbocycles. The van der Waals surface area contributed by atoms with Crippen LogP contribution in [0, 0.1) is 6.92 Å². The van der Waals surface area contributed by atoms with Gasteiger partial charge in [0.2, 0.25) is 5.91 Å². The summed E-state index contributed by atoms with van der Waals surface area (Å²) in [5.74, 6) is 1.16. The average Bonchev–Trinajstić information content (AvgIpc) is 3.65. The van der Waals surface area contributed by atoms with Gasteiger partial charge in [0.1, 0.15) is 5.60 Å². The van der Waals surface area contributed by atoms with Gasteiger partial charge in [-0.15, -0.1) is 0 Å². The van der Waals surface area contributed by atoms with E-state index >= 15 is 0 Å². The van der Waals surface area contributed by atoms with Crippen molar-refractivity contribution in [1.82, 2.24) is 14.9 Å². The number of nitrogens with zero attached hydrogens (tertiary/aromatic N) is 2. The number of fused-ring (bicyclic) bond motifs is 1. The molecule has 6 nitrogen and oxygen atoms in total. The molecule has 3 heterocycles. The maximum atomic E-state index is 12.7. The first-order chi connectivity index (χ1) is 18.5. The molecule has 0 atom stereocenters. The number of hydrogen-bond acceptors (Lipinski definition) is 4. The Morgan fingerprint density at radius 2 is 1.74 bits per heavy atom. The Balaban J connectivity index is 1.30. The number of benzene rings is 1. The molecule has 1 aliphatic carbocycles. The van der Waals surface area contributed by atoms with Crippen LogP contribution in [0.4, 0.5) is 0 Å². The van der Waals surface area contributed by atoms with Gasteiger partial charge in [0.15, 0.2) is 0 Å². The molecular formula is C33H43N3O3. The van der Waals surface area contributed by atoms with Crippen molar-refractivity contribution in [2.45, 2.75) is 103 Å². The summed E-state index contributed by atoms with van der Waals surface area (Å²) >= 11 is 0. The molecule has 3 aromatic rings. The third kappa shape index (κ3) is 6.37. The second kappa shape index (κ2) is 10.8. The molecular weight excluding hydrogens is 486 g/mol. The minimum Gasteiger partial charge on any atom is -0.460 e. The van der Waals surface area contributed by atoms with Gasteiger partial charge in [-0.2, -0.15) is 0 Å². The number of aromatic amines is 1. The van der Waals surface area contributed by atoms with Gasteiger partial charge in [-0.25, -0.2) is 0 Å². The number of esters is 1. The highest BCUT2D eigenvalue weighted by atomic mass is 16.6. The number of likely N-dealkylation sites (tertiary alicyclic amines) is 1. The van der Waals surface area contributed by atoms with Gasteiger partial charge in [-0.3, -0.25) is 14.6 Å². The van der Waals surface area contributed by atoms with Crippen LogP contribution in [-0.2, 0) is 14.3 Å². The highest BCUT2D eigenvalue weighted by Gasteiger charge is 2.28. The van der Waals surface area contributed by atoms with Crippen LogP contribution >= 0.6 is 0 Å². The minimum absolute atomic E-state index is 0.0466. The smallest absolute Gasteiger partial charge is 0.306 e. The summed E-state index contributed by atoms with van der Waals surface area (Å²) in [6, 6.07) is 11.4. The molecule has 0 bridgehead atoms. The Labute approximate surface area is 232 Å². The third-order valence-corrected chi connectivity index (χ3v) is 7.98. The summed E-state index contributed by atoms with van der Waals surface area (Å²) in [6.45, 7) is 13.6. The summed E-state index contributed by atoms with van der Waals surface area (Å²) < 4.78 is 5.35. The quantitative estimate of drug-likeness (QED) is 0.324. The first-order valence-electron chi connectivity index (χ1n) is 14.6. The Morgan fingerprint density at radius 1 is 1.03 bits per heavy atom. The molecule has 2 fully saturated rings. The fourth-order valence-corrected chi connectivity index (χ4v) is 5.96. The van der Waals surface area contributed by atoms with Gasteiger partial charge in [-0.05, 0) is 101 Å². The zero-order valence-corrected chi connectivity index (χ0v) is 24.4. The van der Waals surface area contributed by atoms with E-state index in [1.165, 1.54) is 51.8 Å². The van der Waals surface area contributed by atoms with E-state index in [-0.39, 0.29) is 24.7 Å². The summed E-state index contributed by atoms with van der Waals surface area (Å²) in [5, 5.41) is 1.30. The first-order valence-corrected chi connectivity index (χ1v) is 14.6. The lowest BCUT2D eigenvalue weighted by molar-refractivity contribution is -0.156. The predicted molar refractivity (Wildman–Crippen MR) is 156 cm³/mol. The number of H-pyrrole nitrogens is 1. The third-order valence-electron chi connectivity index (χ3n) is 7.98. The molecule has 208 valence electrons. The number of carbonyl (C=O) groups is 2. The molecule has 5 rings (SSSR count). The monoisotopic (exact) mass is 529 g/mol. The van der Waals surface area contributed by atoms with E-state index in [1.807, 2.05) is 25.7 Å². The molecule has 0 spiro atoms. The number of pyridine rings is 1. The zero-order chi connectivity index (χ0) is 27.9. The van der Waals surface area contributed by atoms with E-state index in [0.717, 1.165) is 31.6 Å². The predicted octanol–water partition coefficient (Wildman–Crippen LogP) is 7.37. The van der Waals surface area contributed by atoms with Crippen molar-refractivity contribution in [2.75, 3.05) is 13.1 Å². The van der Waals surface area contributed by atoms with E-state index in [1.54, 1.807) is 0 Å². The number of nitrogens with one attached hydrogen (secondary N) is 1. The molecule has 0 unspecified atom stereocenters. The van der Waals surface area contributed by atoms with Gasteiger partial charge in [0.25, 0.3) is 0 Å². The highest BCUT2D eigenvalue weighted by molar-refractivity contribution is 5.92. The molecule has 6 heteroatoms. The number of aryl methyl sites for hydroxylation is 1. The minimum atomic E-state index is -0.522. The first kappa shape index (κ1) is 27.4. The summed E-state index contributed by atoms with van der Waals surface area (Å²) in [5.41, 5.74) is 8.14. The number of aromatic nitrogens is 2. The molecule has 39 heavy (non-hydrogen) atoms. The maximum Gasteiger partial charge on any atom is 0.306 e. The molecule has 1 amide bonds. The van der Waals surface area contributed by atoms with Crippen LogP contribution in [0.5, 0.6) is 0 Å². The lowest BCUT2D eigenvalue weighted by Gasteiger charge is -2.32. The summed E-state index contributed by atoms with van der Waals surface area (Å²) in [7, 11) is 0. The van der Waals surface area contributed by atoms with Crippen LogP contribution in [-0.4, -0.2) is 45.4 Å². The molecule has 1 N–H and O–H groups in total. The molecule has 0 radical (unpaired) electrons. The number of ether oxygens (including phenoxy) is 1. The number of amides is 1. The summed E-state index contributed by atoms with van der Waals surface area (Å²) in [4.78, 5) is 35.2. The fraction of sp³-hybridized carbons (Fsp3) is 0.545.